The first-order valence-electron chi connectivity index (χ1n) is 4.59. The topological polar surface area (TPSA) is 30.8 Å². The van der Waals surface area contributed by atoms with Crippen molar-refractivity contribution in [3.63, 3.8) is 0 Å². The molecule has 6 heteroatoms. The number of rotatable bonds is 5. The van der Waals surface area contributed by atoms with Gasteiger partial charge in [0.05, 0.1) is 18.2 Å². The van der Waals surface area contributed by atoms with Crippen molar-refractivity contribution in [2.75, 3.05) is 20.8 Å². The van der Waals surface area contributed by atoms with Gasteiger partial charge in [-0.1, -0.05) is 6.21 Å². The molecule has 0 aromatic heterocycles. The van der Waals surface area contributed by atoms with Crippen LogP contribution >= 0.6 is 0 Å². The summed E-state index contributed by atoms with van der Waals surface area (Å²) in [7, 11) is 2.99. The van der Waals surface area contributed by atoms with Crippen molar-refractivity contribution in [3.8, 4) is 0 Å². The summed E-state index contributed by atoms with van der Waals surface area (Å²) in [6.45, 7) is 0.278. The smallest absolute Gasteiger partial charge is 0.175 e. The van der Waals surface area contributed by atoms with Gasteiger partial charge < -0.3 is 14.5 Å². The van der Waals surface area contributed by atoms with Gasteiger partial charge in [0, 0.05) is 46.9 Å². The SMILES string of the molecule is COC(CN=Cc1[c-]cc(F)c(F)c1)OC.[Y]. The molecule has 0 saturated carbocycles. The molecule has 0 aliphatic rings. The molecule has 3 nitrogen and oxygen atoms in total. The Morgan fingerprint density at radius 3 is 2.53 bits per heavy atom. The Balaban J connectivity index is 0.00000256. The van der Waals surface area contributed by atoms with Crippen molar-refractivity contribution >= 4 is 6.21 Å². The molecule has 17 heavy (non-hydrogen) atoms. The van der Waals surface area contributed by atoms with E-state index >= 15 is 0 Å². The first kappa shape index (κ1) is 16.8. The zero-order valence-electron chi connectivity index (χ0n) is 9.61. The third-order valence-corrected chi connectivity index (χ3v) is 1.89. The van der Waals surface area contributed by atoms with E-state index in [1.54, 1.807) is 0 Å². The number of halogens is 2. The second-order valence-corrected chi connectivity index (χ2v) is 2.98. The predicted octanol–water partition coefficient (Wildman–Crippen LogP) is 1.80. The normalized spacial score (nSPS) is 10.9. The second-order valence-electron chi connectivity index (χ2n) is 2.98. The maximum atomic E-state index is 12.8. The molecule has 0 aliphatic carbocycles. The van der Waals surface area contributed by atoms with Crippen LogP contribution in [0.4, 0.5) is 8.78 Å². The molecule has 0 spiro atoms. The summed E-state index contributed by atoms with van der Waals surface area (Å²) < 4.78 is 35.2. The van der Waals surface area contributed by atoms with E-state index in [0.717, 1.165) is 12.1 Å². The van der Waals surface area contributed by atoms with E-state index in [2.05, 4.69) is 11.1 Å². The van der Waals surface area contributed by atoms with Crippen molar-refractivity contribution < 1.29 is 51.0 Å². The Hall–Kier alpha value is -0.226. The number of nitrogens with zero attached hydrogens (tertiary/aromatic N) is 1. The number of benzene rings is 1. The van der Waals surface area contributed by atoms with Crippen LogP contribution < -0.4 is 0 Å². The van der Waals surface area contributed by atoms with Crippen LogP contribution in [0.5, 0.6) is 0 Å². The summed E-state index contributed by atoms with van der Waals surface area (Å²) in [5, 5.41) is 0. The molecule has 1 aromatic carbocycles. The minimum absolute atomic E-state index is 0. The van der Waals surface area contributed by atoms with E-state index in [9.17, 15) is 8.78 Å². The number of hydrogen-bond acceptors (Lipinski definition) is 3. The Labute approximate surface area is 124 Å². The van der Waals surface area contributed by atoms with E-state index in [1.807, 2.05) is 0 Å². The van der Waals surface area contributed by atoms with Gasteiger partial charge in [0.15, 0.2) is 6.29 Å². The molecule has 91 valence electrons. The average Bonchev–Trinajstić information content (AvgIpc) is 2.29. The molecule has 1 radical (unpaired) electrons. The fourth-order valence-electron chi connectivity index (χ4n) is 1.02. The maximum absolute atomic E-state index is 12.8. The molecular formula is C11H12F2NO2Y-. The van der Waals surface area contributed by atoms with Gasteiger partial charge >= 0.3 is 0 Å². The zero-order chi connectivity index (χ0) is 12.0. The molecule has 0 saturated heterocycles. The molecule has 0 N–H and O–H groups in total. The van der Waals surface area contributed by atoms with Gasteiger partial charge in [-0.25, -0.2) is 4.39 Å². The number of methoxy groups -OCH3 is 2. The van der Waals surface area contributed by atoms with Gasteiger partial charge in [0.2, 0.25) is 0 Å². The summed E-state index contributed by atoms with van der Waals surface area (Å²) in [5.74, 6) is -1.85. The monoisotopic (exact) mass is 317 g/mol. The predicted molar refractivity (Wildman–Crippen MR) is 55.5 cm³/mol. The fourth-order valence-corrected chi connectivity index (χ4v) is 1.02. The standard InChI is InChI=1S/C11H12F2NO2.Y/c1-15-11(16-2)7-14-6-8-3-4-9(12)10(13)5-8;/h4-6,11H,7H2,1-2H3;/q-1;. The van der Waals surface area contributed by atoms with Crippen molar-refractivity contribution in [3.05, 3.63) is 35.4 Å². The summed E-state index contributed by atoms with van der Waals surface area (Å²) >= 11 is 0. The zero-order valence-corrected chi connectivity index (χ0v) is 12.5. The molecule has 0 heterocycles. The van der Waals surface area contributed by atoms with Crippen LogP contribution in [0.1, 0.15) is 5.56 Å². The van der Waals surface area contributed by atoms with Gasteiger partial charge in [-0.2, -0.15) is 0 Å². The van der Waals surface area contributed by atoms with Crippen LogP contribution in [0.2, 0.25) is 0 Å². The molecule has 0 bridgehead atoms. The van der Waals surface area contributed by atoms with Gasteiger partial charge in [-0.05, 0) is 0 Å². The van der Waals surface area contributed by atoms with Crippen LogP contribution in [0.25, 0.3) is 0 Å². The maximum Gasteiger partial charge on any atom is 0.175 e. The fraction of sp³-hybridized carbons (Fsp3) is 0.364. The second kappa shape index (κ2) is 8.81. The molecule has 0 aliphatic heterocycles. The molecular weight excluding hydrogens is 305 g/mol. The van der Waals surface area contributed by atoms with Crippen molar-refractivity contribution in [1.29, 1.82) is 0 Å². The summed E-state index contributed by atoms with van der Waals surface area (Å²) in [4.78, 5) is 3.96. The first-order chi connectivity index (χ1) is 7.67. The van der Waals surface area contributed by atoms with Crippen molar-refractivity contribution in [2.45, 2.75) is 6.29 Å². The minimum atomic E-state index is -0.927. The first-order valence-corrected chi connectivity index (χ1v) is 4.59. The van der Waals surface area contributed by atoms with Gasteiger partial charge in [-0.3, -0.25) is 4.39 Å². The van der Waals surface area contributed by atoms with Crippen LogP contribution in [-0.2, 0) is 42.2 Å². The van der Waals surface area contributed by atoms with Crippen LogP contribution in [-0.4, -0.2) is 33.3 Å². The van der Waals surface area contributed by atoms with E-state index in [1.165, 1.54) is 20.4 Å². The molecule has 1 rings (SSSR count). The Morgan fingerprint density at radius 1 is 1.35 bits per heavy atom. The van der Waals surface area contributed by atoms with Gasteiger partial charge in [0.25, 0.3) is 0 Å². The summed E-state index contributed by atoms with van der Waals surface area (Å²) in [6, 6.07) is 4.49. The summed E-state index contributed by atoms with van der Waals surface area (Å²) in [5.41, 5.74) is 0.366. The van der Waals surface area contributed by atoms with Gasteiger partial charge in [-0.15, -0.1) is 23.8 Å². The third kappa shape index (κ3) is 5.77. The third-order valence-electron chi connectivity index (χ3n) is 1.89. The number of hydrogen-bond donors (Lipinski definition) is 0. The minimum Gasteiger partial charge on any atom is -0.354 e. The van der Waals surface area contributed by atoms with E-state index in [-0.39, 0.29) is 39.3 Å². The molecule has 0 unspecified atom stereocenters. The summed E-state index contributed by atoms with van der Waals surface area (Å²) in [6.07, 6.45) is 0.939. The van der Waals surface area contributed by atoms with E-state index < -0.39 is 17.9 Å². The number of ether oxygens (including phenoxy) is 2. The quantitative estimate of drug-likeness (QED) is 0.471. The Bertz CT molecular complexity index is 370. The van der Waals surface area contributed by atoms with Gasteiger partial charge in [0.1, 0.15) is 0 Å². The van der Waals surface area contributed by atoms with Crippen molar-refractivity contribution in [2.24, 2.45) is 4.99 Å². The molecule has 0 amide bonds. The average molecular weight is 317 g/mol. The number of aliphatic imine (C=N–C) groups is 1. The largest absolute Gasteiger partial charge is 0.354 e. The van der Waals surface area contributed by atoms with Crippen LogP contribution in [0.3, 0.4) is 0 Å². The molecule has 1 aromatic rings. The molecule has 0 atom stereocenters. The Kier molecular flexibility index (Phi) is 8.69. The van der Waals surface area contributed by atoms with E-state index in [4.69, 9.17) is 9.47 Å². The molecule has 0 fully saturated rings. The van der Waals surface area contributed by atoms with Crippen LogP contribution in [0.15, 0.2) is 17.1 Å². The Morgan fingerprint density at radius 2 is 2.00 bits per heavy atom. The van der Waals surface area contributed by atoms with Crippen molar-refractivity contribution in [1.82, 2.24) is 0 Å². The van der Waals surface area contributed by atoms with E-state index in [0.29, 0.717) is 5.56 Å². The van der Waals surface area contributed by atoms with Crippen LogP contribution in [0, 0.1) is 17.7 Å².